The number of hydrogen-bond acceptors (Lipinski definition) is 2. The predicted molar refractivity (Wildman–Crippen MR) is 28.2 cm³/mol. The molecule has 3 nitrogen and oxygen atoms in total. The molecule has 0 saturated carbocycles. The van der Waals surface area contributed by atoms with Crippen LogP contribution in [0.15, 0.2) is 0 Å². The second-order valence-corrected chi connectivity index (χ2v) is 3.00. The van der Waals surface area contributed by atoms with E-state index in [1.807, 2.05) is 0 Å². The Hall–Kier alpha value is 3.22. The van der Waals surface area contributed by atoms with Crippen molar-refractivity contribution in [2.45, 2.75) is 0 Å². The van der Waals surface area contributed by atoms with E-state index in [9.17, 15) is 8.42 Å². The molecule has 0 heterocycles. The van der Waals surface area contributed by atoms with E-state index in [-0.39, 0.29) is 105 Å². The smallest absolute Gasteiger partial charge is 0.206 e. The largest absolute Gasteiger partial charge is 0.329 e. The van der Waals surface area contributed by atoms with Gasteiger partial charge in [-0.1, -0.05) is 0 Å². The summed E-state index contributed by atoms with van der Waals surface area (Å²) >= 11 is 0. The van der Waals surface area contributed by atoms with Crippen molar-refractivity contribution in [1.29, 1.82) is 0 Å². The Morgan fingerprint density at radius 3 is 1.60 bits per heavy atom. The summed E-state index contributed by atoms with van der Waals surface area (Å²) in [7, 11) is -2.99. The van der Waals surface area contributed by atoms with Gasteiger partial charge in [0.25, 0.3) is 0 Å². The monoisotopic (exact) mass is 389 g/mol. The number of hydrogen-bond donors (Lipinski definition) is 1. The average molecular weight is 389 g/mol. The summed E-state index contributed by atoms with van der Waals surface area (Å²) in [5.41, 5.74) is 0. The molecule has 0 spiro atoms. The zero-order valence-electron chi connectivity index (χ0n) is 5.87. The Balaban J connectivity index is -0.0000000600. The summed E-state index contributed by atoms with van der Waals surface area (Å²) in [5, 5.41) is 0. The standard InChI is InChI=1S/C3H8NO2S.3Y/c1-3-4-7(2,5)6;;;/h4H,1,3H2,2H3;;;/q-1;;;. The van der Waals surface area contributed by atoms with Gasteiger partial charge in [0.1, 0.15) is 0 Å². The Labute approximate surface area is 138 Å². The predicted octanol–water partition coefficient (Wildman–Crippen LogP) is -0.638. The van der Waals surface area contributed by atoms with Gasteiger partial charge in [-0.3, -0.25) is 0 Å². The fourth-order valence-corrected chi connectivity index (χ4v) is 0.556. The summed E-state index contributed by atoms with van der Waals surface area (Å²) in [5.74, 6) is 0. The summed E-state index contributed by atoms with van der Waals surface area (Å²) in [6.45, 7) is 3.50. The minimum atomic E-state index is -2.99. The summed E-state index contributed by atoms with van der Waals surface area (Å²) in [6.07, 6.45) is 1.10. The van der Waals surface area contributed by atoms with Crippen LogP contribution in [0.2, 0.25) is 0 Å². The third kappa shape index (κ3) is 22.5. The van der Waals surface area contributed by atoms with Crippen LogP contribution in [0, 0.1) is 6.92 Å². The van der Waals surface area contributed by atoms with Gasteiger partial charge in [-0.25, -0.2) is 13.1 Å². The molecule has 0 amide bonds. The third-order valence-corrected chi connectivity index (χ3v) is 1.09. The topological polar surface area (TPSA) is 46.2 Å². The van der Waals surface area contributed by atoms with Gasteiger partial charge >= 0.3 is 0 Å². The molecule has 0 atom stereocenters. The van der Waals surface area contributed by atoms with Crippen molar-refractivity contribution < 1.29 is 107 Å². The fraction of sp³-hybridized carbons (Fsp3) is 0.667. The van der Waals surface area contributed by atoms with Gasteiger partial charge in [-0.05, 0) is 0 Å². The molecule has 3 radical (unpaired) electrons. The molecule has 0 bridgehead atoms. The van der Waals surface area contributed by atoms with Crippen molar-refractivity contribution in [2.24, 2.45) is 0 Å². The van der Waals surface area contributed by atoms with Gasteiger partial charge in [0, 0.05) is 98.1 Å². The van der Waals surface area contributed by atoms with Gasteiger partial charge in [0.2, 0.25) is 10.0 Å². The van der Waals surface area contributed by atoms with E-state index in [1.165, 1.54) is 0 Å². The molecule has 0 aliphatic carbocycles. The number of nitrogens with one attached hydrogen (secondary N) is 1. The third-order valence-electron chi connectivity index (χ3n) is 0.364. The van der Waals surface area contributed by atoms with E-state index in [0.29, 0.717) is 0 Å². The maximum absolute atomic E-state index is 10.1. The molecule has 0 aromatic rings. The van der Waals surface area contributed by atoms with E-state index in [2.05, 4.69) is 11.6 Å². The molecule has 1 N–H and O–H groups in total. The van der Waals surface area contributed by atoms with Crippen LogP contribution in [0.3, 0.4) is 0 Å². The van der Waals surface area contributed by atoms with Crippen molar-refractivity contribution >= 4 is 10.0 Å². The maximum Gasteiger partial charge on any atom is 0.206 e. The molecule has 0 unspecified atom stereocenters. The molecule has 7 heteroatoms. The van der Waals surface area contributed by atoms with Crippen molar-refractivity contribution in [3.8, 4) is 0 Å². The Kier molecular flexibility index (Phi) is 28.4. The van der Waals surface area contributed by atoms with E-state index in [0.717, 1.165) is 6.26 Å². The zero-order valence-corrected chi connectivity index (χ0v) is 15.2. The molecule has 0 aliphatic heterocycles. The quantitative estimate of drug-likeness (QED) is 0.640. The minimum absolute atomic E-state index is 0. The van der Waals surface area contributed by atoms with Gasteiger partial charge in [-0.2, -0.15) is 0 Å². The molecule has 53 valence electrons. The first-order valence-corrected chi connectivity index (χ1v) is 3.69. The van der Waals surface area contributed by atoms with Crippen molar-refractivity contribution in [3.05, 3.63) is 6.92 Å². The second-order valence-electron chi connectivity index (χ2n) is 1.17. The van der Waals surface area contributed by atoms with Gasteiger partial charge in [-0.15, -0.1) is 6.54 Å². The van der Waals surface area contributed by atoms with Crippen LogP contribution in [0.1, 0.15) is 0 Å². The molecule has 10 heavy (non-hydrogen) atoms. The van der Waals surface area contributed by atoms with Crippen LogP contribution in [0.4, 0.5) is 0 Å². The normalized spacial score (nSPS) is 8.20. The molecular formula is C3H8NO2SY3-. The first-order chi connectivity index (χ1) is 3.06. The van der Waals surface area contributed by atoms with Crippen LogP contribution >= 0.6 is 0 Å². The molecule has 0 rings (SSSR count). The van der Waals surface area contributed by atoms with Crippen LogP contribution in [0.25, 0.3) is 0 Å². The summed E-state index contributed by atoms with van der Waals surface area (Å²) < 4.78 is 22.3. The first-order valence-electron chi connectivity index (χ1n) is 1.80. The fourth-order valence-electron chi connectivity index (χ4n) is 0.185. The number of rotatable bonds is 2. The molecule has 0 saturated heterocycles. The second kappa shape index (κ2) is 12.2. The van der Waals surface area contributed by atoms with Gasteiger partial charge in [0.15, 0.2) is 0 Å². The Morgan fingerprint density at radius 2 is 1.60 bits per heavy atom. The average Bonchev–Trinajstić information content (AvgIpc) is 1.30. The molecule has 0 aliphatic rings. The molecule has 0 fully saturated rings. The van der Waals surface area contributed by atoms with Crippen LogP contribution in [0.5, 0.6) is 0 Å². The SMILES string of the molecule is [CH2-]CNS(C)(=O)=O.[Y].[Y].[Y]. The van der Waals surface area contributed by atoms with Crippen molar-refractivity contribution in [1.82, 2.24) is 4.72 Å². The molecule has 0 aromatic heterocycles. The summed E-state index contributed by atoms with van der Waals surface area (Å²) in [4.78, 5) is 0. The van der Waals surface area contributed by atoms with Gasteiger partial charge < -0.3 is 6.92 Å². The Morgan fingerprint density at radius 1 is 1.30 bits per heavy atom. The zero-order chi connectivity index (χ0) is 5.91. The summed E-state index contributed by atoms with van der Waals surface area (Å²) in [6, 6.07) is 0. The maximum atomic E-state index is 10.1. The first kappa shape index (κ1) is 23.2. The number of sulfonamides is 1. The molecular weight excluding hydrogens is 381 g/mol. The van der Waals surface area contributed by atoms with Crippen molar-refractivity contribution in [2.75, 3.05) is 12.8 Å². The van der Waals surface area contributed by atoms with E-state index < -0.39 is 10.0 Å². The van der Waals surface area contributed by atoms with E-state index in [4.69, 9.17) is 0 Å². The van der Waals surface area contributed by atoms with Crippen LogP contribution < -0.4 is 4.72 Å². The van der Waals surface area contributed by atoms with E-state index in [1.54, 1.807) is 0 Å². The minimum Gasteiger partial charge on any atom is -0.329 e. The van der Waals surface area contributed by atoms with E-state index >= 15 is 0 Å². The van der Waals surface area contributed by atoms with Crippen LogP contribution in [-0.4, -0.2) is 21.2 Å². The van der Waals surface area contributed by atoms with Gasteiger partial charge in [0.05, 0.1) is 6.26 Å². The van der Waals surface area contributed by atoms with Crippen LogP contribution in [-0.2, 0) is 108 Å². The molecule has 0 aromatic carbocycles. The van der Waals surface area contributed by atoms with Crippen molar-refractivity contribution in [3.63, 3.8) is 0 Å². The Bertz CT molecular complexity index is 135.